The number of aliphatic hydroxyl groups excluding tert-OH is 1. The van der Waals surface area contributed by atoms with Crippen molar-refractivity contribution in [2.45, 2.75) is 57.4 Å². The van der Waals surface area contributed by atoms with E-state index >= 15 is 0 Å². The first-order valence-electron chi connectivity index (χ1n) is 7.71. The largest absolute Gasteiger partial charge is 0.396 e. The number of hydrogen-bond donors (Lipinski definition) is 2. The van der Waals surface area contributed by atoms with E-state index < -0.39 is 5.54 Å². The van der Waals surface area contributed by atoms with Gasteiger partial charge in [-0.05, 0) is 25.8 Å². The zero-order valence-electron chi connectivity index (χ0n) is 12.5. The maximum atomic E-state index is 12.2. The molecule has 0 aromatic rings. The molecule has 1 fully saturated rings. The molecule has 0 aromatic heterocycles. The van der Waals surface area contributed by atoms with Gasteiger partial charge in [-0.25, -0.2) is 0 Å². The van der Waals surface area contributed by atoms with Gasteiger partial charge in [0.1, 0.15) is 5.54 Å². The van der Waals surface area contributed by atoms with Gasteiger partial charge in [0.05, 0.1) is 12.6 Å². The molecule has 1 saturated carbocycles. The Labute approximate surface area is 122 Å². The zero-order valence-corrected chi connectivity index (χ0v) is 12.5. The van der Waals surface area contributed by atoms with Gasteiger partial charge >= 0.3 is 0 Å². The number of hydrogen-bond acceptors (Lipinski definition) is 4. The molecule has 0 unspecified atom stereocenters. The highest BCUT2D eigenvalue weighted by Gasteiger charge is 2.32. The molecule has 1 aliphatic rings. The zero-order chi connectivity index (χ0) is 14.8. The molecule has 0 radical (unpaired) electrons. The monoisotopic (exact) mass is 281 g/mol. The first kappa shape index (κ1) is 16.9. The van der Waals surface area contributed by atoms with Crippen molar-refractivity contribution < 1.29 is 9.90 Å². The first-order valence-corrected chi connectivity index (χ1v) is 7.71. The molecule has 0 bridgehead atoms. The normalized spacial score (nSPS) is 18.3. The molecular weight excluding hydrogens is 254 g/mol. The fourth-order valence-electron chi connectivity index (χ4n) is 2.75. The molecule has 5 heteroatoms. The van der Waals surface area contributed by atoms with E-state index in [-0.39, 0.29) is 12.5 Å². The lowest BCUT2D eigenvalue weighted by Crippen LogP contribution is -2.50. The summed E-state index contributed by atoms with van der Waals surface area (Å²) in [7, 11) is 0. The predicted molar refractivity (Wildman–Crippen MR) is 78.0 cm³/mol. The molecule has 0 aromatic carbocycles. The van der Waals surface area contributed by atoms with Crippen molar-refractivity contribution in [3.63, 3.8) is 0 Å². The van der Waals surface area contributed by atoms with Crippen LogP contribution < -0.4 is 5.32 Å². The average Bonchev–Trinajstić information content (AvgIpc) is 2.69. The third-order valence-corrected chi connectivity index (χ3v) is 4.00. The van der Waals surface area contributed by atoms with Gasteiger partial charge in [-0.15, -0.1) is 0 Å². The maximum absolute atomic E-state index is 12.2. The van der Waals surface area contributed by atoms with Crippen molar-refractivity contribution in [1.29, 1.82) is 5.26 Å². The van der Waals surface area contributed by atoms with E-state index in [0.717, 1.165) is 45.1 Å². The van der Waals surface area contributed by atoms with Gasteiger partial charge in [-0.1, -0.05) is 32.6 Å². The van der Waals surface area contributed by atoms with Crippen LogP contribution in [0.15, 0.2) is 0 Å². The van der Waals surface area contributed by atoms with Crippen molar-refractivity contribution in [3.05, 3.63) is 0 Å². The van der Waals surface area contributed by atoms with Gasteiger partial charge in [0, 0.05) is 13.2 Å². The number of nitriles is 1. The molecule has 0 saturated heterocycles. The molecule has 2 N–H and O–H groups in total. The van der Waals surface area contributed by atoms with Crippen molar-refractivity contribution in [3.8, 4) is 6.07 Å². The average molecular weight is 281 g/mol. The number of rotatable bonds is 7. The van der Waals surface area contributed by atoms with Crippen LogP contribution in [0.1, 0.15) is 51.9 Å². The second kappa shape index (κ2) is 8.93. The van der Waals surface area contributed by atoms with Gasteiger partial charge in [0.25, 0.3) is 0 Å². The summed E-state index contributed by atoms with van der Waals surface area (Å²) in [5.74, 6) is -0.0757. The van der Waals surface area contributed by atoms with Crippen LogP contribution in [-0.2, 0) is 4.79 Å². The van der Waals surface area contributed by atoms with Crippen LogP contribution >= 0.6 is 0 Å². The smallest absolute Gasteiger partial charge is 0.235 e. The van der Waals surface area contributed by atoms with Gasteiger partial charge in [-0.3, -0.25) is 9.69 Å². The lowest BCUT2D eigenvalue weighted by Gasteiger charge is -2.28. The summed E-state index contributed by atoms with van der Waals surface area (Å²) in [6, 6.07) is 2.33. The quantitative estimate of drug-likeness (QED) is 0.692. The van der Waals surface area contributed by atoms with Gasteiger partial charge in [-0.2, -0.15) is 5.26 Å². The van der Waals surface area contributed by atoms with Crippen LogP contribution in [0.5, 0.6) is 0 Å². The van der Waals surface area contributed by atoms with E-state index in [1.54, 1.807) is 0 Å². The predicted octanol–water partition coefficient (Wildman–Crippen LogP) is 1.42. The molecule has 5 nitrogen and oxygen atoms in total. The standard InChI is InChI=1S/C15H27N3O2/c1-2-18(10-7-11-19)12-14(20)17-15(13-16)8-5-3-4-6-9-15/h19H,2-12H2,1H3,(H,17,20). The van der Waals surface area contributed by atoms with Crippen LogP contribution in [0.3, 0.4) is 0 Å². The molecule has 20 heavy (non-hydrogen) atoms. The van der Waals surface area contributed by atoms with E-state index in [2.05, 4.69) is 11.4 Å². The Morgan fingerprint density at radius 3 is 2.50 bits per heavy atom. The Hall–Kier alpha value is -1.12. The highest BCUT2D eigenvalue weighted by molar-refractivity contribution is 5.79. The van der Waals surface area contributed by atoms with E-state index in [1.165, 1.54) is 0 Å². The van der Waals surface area contributed by atoms with Crippen molar-refractivity contribution in [1.82, 2.24) is 10.2 Å². The summed E-state index contributed by atoms with van der Waals surface area (Å²) in [5, 5.41) is 21.2. The lowest BCUT2D eigenvalue weighted by atomic mass is 9.92. The van der Waals surface area contributed by atoms with Crippen LogP contribution in [0.4, 0.5) is 0 Å². The minimum absolute atomic E-state index is 0.0757. The number of nitrogens with zero attached hydrogens (tertiary/aromatic N) is 2. The minimum atomic E-state index is -0.663. The topological polar surface area (TPSA) is 76.4 Å². The van der Waals surface area contributed by atoms with Gasteiger partial charge < -0.3 is 10.4 Å². The molecule has 1 rings (SSSR count). The highest BCUT2D eigenvalue weighted by Crippen LogP contribution is 2.26. The van der Waals surface area contributed by atoms with Crippen molar-refractivity contribution >= 4 is 5.91 Å². The molecule has 0 heterocycles. The second-order valence-corrected chi connectivity index (χ2v) is 5.60. The third kappa shape index (κ3) is 5.48. The van der Waals surface area contributed by atoms with Crippen LogP contribution in [0.25, 0.3) is 0 Å². The molecule has 114 valence electrons. The van der Waals surface area contributed by atoms with E-state index in [0.29, 0.717) is 19.5 Å². The number of carbonyl (C=O) groups is 1. The Bertz CT molecular complexity index is 331. The fraction of sp³-hybridized carbons (Fsp3) is 0.867. The molecule has 1 aliphatic carbocycles. The summed E-state index contributed by atoms with van der Waals surface area (Å²) in [4.78, 5) is 14.1. The number of carbonyl (C=O) groups excluding carboxylic acids is 1. The molecular formula is C15H27N3O2. The van der Waals surface area contributed by atoms with E-state index in [9.17, 15) is 10.1 Å². The maximum Gasteiger partial charge on any atom is 0.235 e. The summed E-state index contributed by atoms with van der Waals surface area (Å²) >= 11 is 0. The lowest BCUT2D eigenvalue weighted by molar-refractivity contribution is -0.123. The van der Waals surface area contributed by atoms with E-state index in [4.69, 9.17) is 5.11 Å². The number of aliphatic hydroxyl groups is 1. The van der Waals surface area contributed by atoms with Crippen molar-refractivity contribution in [2.24, 2.45) is 0 Å². The second-order valence-electron chi connectivity index (χ2n) is 5.60. The molecule has 0 aliphatic heterocycles. The van der Waals surface area contributed by atoms with Crippen molar-refractivity contribution in [2.75, 3.05) is 26.2 Å². The summed E-state index contributed by atoms with van der Waals surface area (Å²) in [5.41, 5.74) is -0.663. The molecule has 0 spiro atoms. The van der Waals surface area contributed by atoms with E-state index in [1.807, 2.05) is 11.8 Å². The summed E-state index contributed by atoms with van der Waals surface area (Å²) in [6.07, 6.45) is 6.51. The minimum Gasteiger partial charge on any atom is -0.396 e. The number of likely N-dealkylation sites (N-methyl/N-ethyl adjacent to an activating group) is 1. The van der Waals surface area contributed by atoms with Crippen LogP contribution in [0, 0.1) is 11.3 Å². The Kier molecular flexibility index (Phi) is 7.56. The molecule has 0 atom stereocenters. The van der Waals surface area contributed by atoms with Crippen LogP contribution in [-0.4, -0.2) is 47.7 Å². The van der Waals surface area contributed by atoms with Crippen LogP contribution in [0.2, 0.25) is 0 Å². The Balaban J connectivity index is 2.51. The summed E-state index contributed by atoms with van der Waals surface area (Å²) < 4.78 is 0. The first-order chi connectivity index (χ1) is 9.65. The highest BCUT2D eigenvalue weighted by atomic mass is 16.3. The SMILES string of the molecule is CCN(CCCO)CC(=O)NC1(C#N)CCCCCC1. The van der Waals surface area contributed by atoms with Gasteiger partial charge in [0.2, 0.25) is 5.91 Å². The Morgan fingerprint density at radius 1 is 1.35 bits per heavy atom. The Morgan fingerprint density at radius 2 is 2.00 bits per heavy atom. The molecule has 1 amide bonds. The van der Waals surface area contributed by atoms with Gasteiger partial charge in [0.15, 0.2) is 0 Å². The third-order valence-electron chi connectivity index (χ3n) is 4.00. The number of nitrogens with one attached hydrogen (secondary N) is 1. The summed E-state index contributed by atoms with van der Waals surface area (Å²) in [6.45, 7) is 3.92. The fourth-order valence-corrected chi connectivity index (χ4v) is 2.75. The number of amides is 1.